The summed E-state index contributed by atoms with van der Waals surface area (Å²) in [5, 5.41) is 3.36. The zero-order chi connectivity index (χ0) is 19.0. The van der Waals surface area contributed by atoms with Crippen LogP contribution in [0, 0.1) is 24.2 Å². The highest BCUT2D eigenvalue weighted by Crippen LogP contribution is 2.63. The summed E-state index contributed by atoms with van der Waals surface area (Å²) in [6.45, 7) is 2.31. The molecule has 2 unspecified atom stereocenters. The lowest BCUT2D eigenvalue weighted by Crippen LogP contribution is -2.56. The molecule has 6 rings (SSSR count). The highest BCUT2D eigenvalue weighted by atomic mass is 35.5. The molecule has 1 N–H and O–H groups in total. The molecule has 2 atom stereocenters. The van der Waals surface area contributed by atoms with Crippen LogP contribution < -0.4 is 10.9 Å². The lowest BCUT2D eigenvalue weighted by Gasteiger charge is -2.60. The third-order valence-electron chi connectivity index (χ3n) is 6.91. The quantitative estimate of drug-likeness (QED) is 0.818. The average Bonchev–Trinajstić information content (AvgIpc) is 2.91. The number of rotatable bonds is 3. The Balaban J connectivity index is 1.42. The van der Waals surface area contributed by atoms with E-state index < -0.39 is 0 Å². The first-order chi connectivity index (χ1) is 12.8. The van der Waals surface area contributed by atoms with E-state index in [1.165, 1.54) is 17.3 Å². The fourth-order valence-corrected chi connectivity index (χ4v) is 7.08. The van der Waals surface area contributed by atoms with Crippen LogP contribution in [0.3, 0.4) is 0 Å². The Kier molecular flexibility index (Phi) is 3.58. The summed E-state index contributed by atoms with van der Waals surface area (Å²) in [4.78, 5) is 29.5. The topological polar surface area (TPSA) is 77.1 Å². The number of carbonyl (C=O) groups excluding carboxylic acids is 1. The van der Waals surface area contributed by atoms with Gasteiger partial charge in [-0.2, -0.15) is 0 Å². The Hall–Kier alpha value is -1.82. The molecule has 27 heavy (non-hydrogen) atoms. The number of nitrogens with zero attached hydrogens (tertiary/aromatic N) is 2. The highest BCUT2D eigenvalue weighted by molar-refractivity contribution is 6.24. The van der Waals surface area contributed by atoms with E-state index in [2.05, 4.69) is 10.3 Å². The van der Waals surface area contributed by atoms with Crippen LogP contribution in [-0.2, 0) is 7.05 Å². The normalized spacial score (nSPS) is 34.3. The maximum atomic E-state index is 13.0. The molecule has 0 saturated heterocycles. The standard InChI is InChI=1S/C20H24ClN3O3/c1-11-14(15-17(27-11)23-10-24(2)18(15)26)16(25)22-9-19-4-12-3-13(5-19)7-20(21,6-12)8-19/h10,12-13H,3-9H2,1-2H3,(H,22,25). The van der Waals surface area contributed by atoms with Crippen LogP contribution in [0.15, 0.2) is 15.5 Å². The van der Waals surface area contributed by atoms with Crippen molar-refractivity contribution >= 4 is 28.6 Å². The van der Waals surface area contributed by atoms with Gasteiger partial charge in [-0.25, -0.2) is 4.98 Å². The minimum Gasteiger partial charge on any atom is -0.442 e. The first-order valence-corrected chi connectivity index (χ1v) is 10.1. The van der Waals surface area contributed by atoms with Gasteiger partial charge in [-0.15, -0.1) is 11.6 Å². The van der Waals surface area contributed by atoms with Crippen LogP contribution in [0.2, 0.25) is 0 Å². The number of aromatic nitrogens is 2. The third-order valence-corrected chi connectivity index (χ3v) is 7.35. The molecule has 6 nitrogen and oxygen atoms in total. The van der Waals surface area contributed by atoms with E-state index in [-0.39, 0.29) is 32.9 Å². The van der Waals surface area contributed by atoms with E-state index in [4.69, 9.17) is 16.0 Å². The molecule has 144 valence electrons. The molecule has 4 fully saturated rings. The van der Waals surface area contributed by atoms with Crippen LogP contribution in [0.1, 0.15) is 54.6 Å². The predicted octanol–water partition coefficient (Wildman–Crippen LogP) is 3.14. The molecule has 4 saturated carbocycles. The fourth-order valence-electron chi connectivity index (χ4n) is 6.36. The molecule has 0 aliphatic heterocycles. The Morgan fingerprint density at radius 2 is 2.07 bits per heavy atom. The van der Waals surface area contributed by atoms with Gasteiger partial charge in [0.05, 0.1) is 5.56 Å². The number of halogens is 1. The predicted molar refractivity (Wildman–Crippen MR) is 102 cm³/mol. The molecule has 2 aromatic heterocycles. The van der Waals surface area contributed by atoms with E-state index in [0.717, 1.165) is 32.1 Å². The third kappa shape index (κ3) is 2.64. The van der Waals surface area contributed by atoms with Crippen molar-refractivity contribution in [3.05, 3.63) is 28.0 Å². The SMILES string of the molecule is Cc1oc2ncn(C)c(=O)c2c1C(=O)NCC12CC3CC(CC(Cl)(C3)C1)C2. The van der Waals surface area contributed by atoms with Gasteiger partial charge in [-0.05, 0) is 62.7 Å². The molecule has 0 radical (unpaired) electrons. The van der Waals surface area contributed by atoms with Crippen molar-refractivity contribution < 1.29 is 9.21 Å². The summed E-state index contributed by atoms with van der Waals surface area (Å²) in [6.07, 6.45) is 8.20. The van der Waals surface area contributed by atoms with Crippen molar-refractivity contribution in [3.8, 4) is 0 Å². The molecule has 0 aromatic carbocycles. The largest absolute Gasteiger partial charge is 0.442 e. The number of nitrogens with one attached hydrogen (secondary N) is 1. The van der Waals surface area contributed by atoms with E-state index in [0.29, 0.717) is 29.7 Å². The smallest absolute Gasteiger partial charge is 0.265 e. The van der Waals surface area contributed by atoms with Crippen molar-refractivity contribution in [2.24, 2.45) is 24.3 Å². The first-order valence-electron chi connectivity index (χ1n) is 9.69. The monoisotopic (exact) mass is 389 g/mol. The summed E-state index contributed by atoms with van der Waals surface area (Å²) < 4.78 is 6.93. The van der Waals surface area contributed by atoms with Crippen LogP contribution in [0.25, 0.3) is 11.1 Å². The van der Waals surface area contributed by atoms with E-state index >= 15 is 0 Å². The van der Waals surface area contributed by atoms with Crippen LogP contribution in [-0.4, -0.2) is 26.9 Å². The minimum absolute atomic E-state index is 0.0765. The minimum atomic E-state index is -0.267. The fraction of sp³-hybridized carbons (Fsp3) is 0.650. The van der Waals surface area contributed by atoms with E-state index in [9.17, 15) is 9.59 Å². The Morgan fingerprint density at radius 3 is 2.74 bits per heavy atom. The van der Waals surface area contributed by atoms with Gasteiger partial charge in [0.25, 0.3) is 11.5 Å². The van der Waals surface area contributed by atoms with Gasteiger partial charge in [0.2, 0.25) is 5.71 Å². The van der Waals surface area contributed by atoms with Crippen LogP contribution in [0.4, 0.5) is 0 Å². The zero-order valence-electron chi connectivity index (χ0n) is 15.7. The number of amides is 1. The van der Waals surface area contributed by atoms with Gasteiger partial charge in [0.1, 0.15) is 17.5 Å². The van der Waals surface area contributed by atoms with Gasteiger partial charge in [-0.3, -0.25) is 9.59 Å². The average molecular weight is 390 g/mol. The molecule has 0 spiro atoms. The zero-order valence-corrected chi connectivity index (χ0v) is 16.4. The van der Waals surface area contributed by atoms with Crippen molar-refractivity contribution in [2.75, 3.05) is 6.54 Å². The molecule has 4 bridgehead atoms. The molecule has 2 aromatic rings. The van der Waals surface area contributed by atoms with Crippen molar-refractivity contribution in [1.82, 2.24) is 14.9 Å². The number of carbonyl (C=O) groups is 1. The maximum Gasteiger partial charge on any atom is 0.265 e. The second-order valence-corrected chi connectivity index (χ2v) is 9.97. The van der Waals surface area contributed by atoms with Crippen molar-refractivity contribution in [1.29, 1.82) is 0 Å². The Bertz CT molecular complexity index is 994. The summed E-state index contributed by atoms with van der Waals surface area (Å²) >= 11 is 6.90. The molecular formula is C20H24ClN3O3. The number of aryl methyl sites for hydroxylation is 2. The van der Waals surface area contributed by atoms with Crippen LogP contribution >= 0.6 is 11.6 Å². The van der Waals surface area contributed by atoms with E-state index in [1.807, 2.05) is 0 Å². The lowest BCUT2D eigenvalue weighted by molar-refractivity contribution is -0.0379. The summed E-state index contributed by atoms with van der Waals surface area (Å²) in [7, 11) is 1.62. The maximum absolute atomic E-state index is 13.0. The lowest BCUT2D eigenvalue weighted by atomic mass is 9.49. The molecule has 7 heteroatoms. The summed E-state index contributed by atoms with van der Waals surface area (Å²) in [6, 6.07) is 0. The van der Waals surface area contributed by atoms with Gasteiger partial charge in [0.15, 0.2) is 0 Å². The first kappa shape index (κ1) is 17.3. The summed E-state index contributed by atoms with van der Waals surface area (Å²) in [5.74, 6) is 1.55. The molecule has 4 aliphatic rings. The van der Waals surface area contributed by atoms with Gasteiger partial charge in [-0.1, -0.05) is 0 Å². The second kappa shape index (κ2) is 5.60. The molecule has 2 heterocycles. The number of hydrogen-bond acceptors (Lipinski definition) is 4. The Labute approximate surface area is 162 Å². The van der Waals surface area contributed by atoms with Gasteiger partial charge >= 0.3 is 0 Å². The summed E-state index contributed by atoms with van der Waals surface area (Å²) in [5.41, 5.74) is 0.355. The number of fused-ring (bicyclic) bond motifs is 1. The molecular weight excluding hydrogens is 366 g/mol. The van der Waals surface area contributed by atoms with E-state index in [1.54, 1.807) is 14.0 Å². The number of furan rings is 1. The van der Waals surface area contributed by atoms with Gasteiger partial charge < -0.3 is 14.3 Å². The number of hydrogen-bond donors (Lipinski definition) is 1. The highest BCUT2D eigenvalue weighted by Gasteiger charge is 2.57. The molecule has 1 amide bonds. The Morgan fingerprint density at radius 1 is 1.37 bits per heavy atom. The van der Waals surface area contributed by atoms with Gasteiger partial charge in [0, 0.05) is 18.5 Å². The second-order valence-electron chi connectivity index (χ2n) is 9.17. The van der Waals surface area contributed by atoms with Crippen molar-refractivity contribution in [2.45, 2.75) is 50.3 Å². The van der Waals surface area contributed by atoms with Crippen molar-refractivity contribution in [3.63, 3.8) is 0 Å². The molecule has 4 aliphatic carbocycles. The van der Waals surface area contributed by atoms with Crippen LogP contribution in [0.5, 0.6) is 0 Å². The number of alkyl halides is 1.